The smallest absolute Gasteiger partial charge is 0.246 e. The first-order valence-corrected chi connectivity index (χ1v) is 7.77. The van der Waals surface area contributed by atoms with Crippen LogP contribution in [-0.2, 0) is 4.79 Å². The van der Waals surface area contributed by atoms with Gasteiger partial charge >= 0.3 is 0 Å². The average Bonchev–Trinajstić information content (AvgIpc) is 2.55. The summed E-state index contributed by atoms with van der Waals surface area (Å²) in [5, 5.41) is 3.36. The maximum Gasteiger partial charge on any atom is 0.246 e. The Balaban J connectivity index is 1.97. The topological polar surface area (TPSA) is 35.6 Å². The van der Waals surface area contributed by atoms with Crippen molar-refractivity contribution in [2.24, 2.45) is 0 Å². The van der Waals surface area contributed by atoms with Gasteiger partial charge in [0, 0.05) is 51.0 Å². The van der Waals surface area contributed by atoms with E-state index in [2.05, 4.69) is 34.5 Å². The van der Waals surface area contributed by atoms with E-state index in [0.717, 1.165) is 44.8 Å². The number of hydrogen-bond acceptors (Lipinski definition) is 3. The molecule has 0 radical (unpaired) electrons. The van der Waals surface area contributed by atoms with E-state index in [1.54, 1.807) is 6.08 Å². The third-order valence-electron chi connectivity index (χ3n) is 3.87. The molecule has 2 rings (SSSR count). The highest BCUT2D eigenvalue weighted by Gasteiger charge is 2.09. The number of anilines is 1. The third kappa shape index (κ3) is 4.33. The highest BCUT2D eigenvalue weighted by Crippen LogP contribution is 2.16. The number of amides is 1. The van der Waals surface area contributed by atoms with Crippen molar-refractivity contribution in [2.45, 2.75) is 13.8 Å². The first-order valence-electron chi connectivity index (χ1n) is 7.77. The van der Waals surface area contributed by atoms with Crippen LogP contribution in [0.3, 0.4) is 0 Å². The van der Waals surface area contributed by atoms with E-state index in [9.17, 15) is 4.79 Å². The zero-order valence-electron chi connectivity index (χ0n) is 13.0. The van der Waals surface area contributed by atoms with Crippen LogP contribution in [0.1, 0.15) is 19.4 Å². The van der Waals surface area contributed by atoms with Gasteiger partial charge in [-0.3, -0.25) is 4.79 Å². The monoisotopic (exact) mass is 287 g/mol. The van der Waals surface area contributed by atoms with Gasteiger partial charge in [0.15, 0.2) is 0 Å². The van der Waals surface area contributed by atoms with Crippen LogP contribution in [-0.4, -0.2) is 50.1 Å². The minimum absolute atomic E-state index is 0.0752. The molecule has 1 saturated heterocycles. The number of nitrogens with one attached hydrogen (secondary N) is 1. The van der Waals surface area contributed by atoms with Gasteiger partial charge in [0.25, 0.3) is 0 Å². The average molecular weight is 287 g/mol. The van der Waals surface area contributed by atoms with Crippen LogP contribution in [0.2, 0.25) is 0 Å². The fourth-order valence-electron chi connectivity index (χ4n) is 2.53. The summed E-state index contributed by atoms with van der Waals surface area (Å²) in [6, 6.07) is 8.41. The Morgan fingerprint density at radius 1 is 1.19 bits per heavy atom. The lowest BCUT2D eigenvalue weighted by atomic mass is 10.1. The maximum atomic E-state index is 11.9. The van der Waals surface area contributed by atoms with E-state index >= 15 is 0 Å². The van der Waals surface area contributed by atoms with Crippen LogP contribution in [0.5, 0.6) is 0 Å². The molecule has 0 atom stereocenters. The summed E-state index contributed by atoms with van der Waals surface area (Å²) in [6.45, 7) is 9.68. The SMILES string of the molecule is CCN(CC)C(=O)/C=C/c1ccc(N2CCNCC2)cc1. The third-order valence-corrected chi connectivity index (χ3v) is 3.87. The number of hydrogen-bond donors (Lipinski definition) is 1. The lowest BCUT2D eigenvalue weighted by molar-refractivity contribution is -0.125. The first kappa shape index (κ1) is 15.6. The van der Waals surface area contributed by atoms with Crippen molar-refractivity contribution >= 4 is 17.7 Å². The number of carbonyl (C=O) groups excluding carboxylic acids is 1. The van der Waals surface area contributed by atoms with E-state index in [0.29, 0.717) is 0 Å². The van der Waals surface area contributed by atoms with Crippen molar-refractivity contribution in [3.8, 4) is 0 Å². The van der Waals surface area contributed by atoms with E-state index in [-0.39, 0.29) is 5.91 Å². The lowest BCUT2D eigenvalue weighted by Gasteiger charge is -2.29. The van der Waals surface area contributed by atoms with Gasteiger partial charge in [-0.2, -0.15) is 0 Å². The summed E-state index contributed by atoms with van der Waals surface area (Å²) in [5.74, 6) is 0.0752. The minimum Gasteiger partial charge on any atom is -0.369 e. The molecule has 1 aromatic rings. The Morgan fingerprint density at radius 2 is 1.81 bits per heavy atom. The zero-order valence-corrected chi connectivity index (χ0v) is 13.0. The molecule has 21 heavy (non-hydrogen) atoms. The summed E-state index contributed by atoms with van der Waals surface area (Å²) in [7, 11) is 0. The van der Waals surface area contributed by atoms with Gasteiger partial charge in [0.2, 0.25) is 5.91 Å². The van der Waals surface area contributed by atoms with Gasteiger partial charge in [-0.15, -0.1) is 0 Å². The molecule has 0 aliphatic carbocycles. The van der Waals surface area contributed by atoms with Gasteiger partial charge in [-0.25, -0.2) is 0 Å². The van der Waals surface area contributed by atoms with E-state index in [4.69, 9.17) is 0 Å². The number of carbonyl (C=O) groups is 1. The maximum absolute atomic E-state index is 11.9. The molecule has 0 aromatic heterocycles. The van der Waals surface area contributed by atoms with Crippen LogP contribution in [0.15, 0.2) is 30.3 Å². The Morgan fingerprint density at radius 3 is 2.38 bits per heavy atom. The van der Waals surface area contributed by atoms with E-state index in [1.807, 2.05) is 24.8 Å². The van der Waals surface area contributed by atoms with Crippen LogP contribution in [0.25, 0.3) is 6.08 Å². The number of benzene rings is 1. The van der Waals surface area contributed by atoms with Crippen molar-refractivity contribution in [1.82, 2.24) is 10.2 Å². The zero-order chi connectivity index (χ0) is 15.1. The van der Waals surface area contributed by atoms with Crippen LogP contribution >= 0.6 is 0 Å². The number of piperazine rings is 1. The van der Waals surface area contributed by atoms with E-state index < -0.39 is 0 Å². The fraction of sp³-hybridized carbons (Fsp3) is 0.471. The first-order chi connectivity index (χ1) is 10.2. The van der Waals surface area contributed by atoms with Crippen molar-refractivity contribution < 1.29 is 4.79 Å². The molecule has 1 aliphatic rings. The largest absolute Gasteiger partial charge is 0.369 e. The second kappa shape index (κ2) is 7.84. The van der Waals surface area contributed by atoms with Gasteiger partial charge < -0.3 is 15.1 Å². The van der Waals surface area contributed by atoms with Crippen LogP contribution in [0.4, 0.5) is 5.69 Å². The Hall–Kier alpha value is -1.81. The number of likely N-dealkylation sites (N-methyl/N-ethyl adjacent to an activating group) is 1. The second-order valence-corrected chi connectivity index (χ2v) is 5.17. The van der Waals surface area contributed by atoms with Crippen molar-refractivity contribution in [1.29, 1.82) is 0 Å². The summed E-state index contributed by atoms with van der Waals surface area (Å²) < 4.78 is 0. The summed E-state index contributed by atoms with van der Waals surface area (Å²) >= 11 is 0. The molecular formula is C17H25N3O. The number of rotatable bonds is 5. The van der Waals surface area contributed by atoms with Crippen molar-refractivity contribution in [3.63, 3.8) is 0 Å². The van der Waals surface area contributed by atoms with Crippen LogP contribution in [0, 0.1) is 0 Å². The molecule has 1 aromatic carbocycles. The summed E-state index contributed by atoms with van der Waals surface area (Å²) in [4.78, 5) is 16.1. The van der Waals surface area contributed by atoms with E-state index in [1.165, 1.54) is 5.69 Å². The van der Waals surface area contributed by atoms with Crippen molar-refractivity contribution in [2.75, 3.05) is 44.2 Å². The molecule has 4 nitrogen and oxygen atoms in total. The number of nitrogens with zero attached hydrogens (tertiary/aromatic N) is 2. The predicted octanol–water partition coefficient (Wildman–Crippen LogP) is 1.98. The quantitative estimate of drug-likeness (QED) is 0.841. The Bertz CT molecular complexity index is 471. The molecule has 1 fully saturated rings. The molecule has 4 heteroatoms. The Labute approximate surface area is 127 Å². The standard InChI is InChI=1S/C17H25N3O/c1-3-19(4-2)17(21)10-7-15-5-8-16(9-6-15)20-13-11-18-12-14-20/h5-10,18H,3-4,11-14H2,1-2H3/b10-7+. The lowest BCUT2D eigenvalue weighted by Crippen LogP contribution is -2.43. The van der Waals surface area contributed by atoms with Gasteiger partial charge in [0.05, 0.1) is 0 Å². The summed E-state index contributed by atoms with van der Waals surface area (Å²) in [6.07, 6.45) is 3.55. The van der Waals surface area contributed by atoms with Crippen LogP contribution < -0.4 is 10.2 Å². The molecular weight excluding hydrogens is 262 g/mol. The van der Waals surface area contributed by atoms with Gasteiger partial charge in [-0.05, 0) is 37.6 Å². The summed E-state index contributed by atoms with van der Waals surface area (Å²) in [5.41, 5.74) is 2.32. The normalized spacial score (nSPS) is 15.4. The van der Waals surface area contributed by atoms with Gasteiger partial charge in [0.1, 0.15) is 0 Å². The molecule has 1 amide bonds. The molecule has 0 unspecified atom stereocenters. The molecule has 1 heterocycles. The molecule has 1 aliphatic heterocycles. The predicted molar refractivity (Wildman–Crippen MR) is 88.5 cm³/mol. The highest BCUT2D eigenvalue weighted by atomic mass is 16.2. The highest BCUT2D eigenvalue weighted by molar-refractivity contribution is 5.91. The molecule has 0 spiro atoms. The fourth-order valence-corrected chi connectivity index (χ4v) is 2.53. The Kier molecular flexibility index (Phi) is 5.81. The van der Waals surface area contributed by atoms with Gasteiger partial charge in [-0.1, -0.05) is 12.1 Å². The molecule has 0 saturated carbocycles. The molecule has 0 bridgehead atoms. The molecule has 114 valence electrons. The minimum atomic E-state index is 0.0752. The second-order valence-electron chi connectivity index (χ2n) is 5.17. The molecule has 1 N–H and O–H groups in total. The van der Waals surface area contributed by atoms with Crippen molar-refractivity contribution in [3.05, 3.63) is 35.9 Å².